The van der Waals surface area contributed by atoms with Gasteiger partial charge in [0.2, 0.25) is 0 Å². The molecule has 4 unspecified atom stereocenters. The lowest BCUT2D eigenvalue weighted by Gasteiger charge is -2.49. The monoisotopic (exact) mass is 462 g/mol. The highest BCUT2D eigenvalue weighted by Gasteiger charge is 2.45. The van der Waals surface area contributed by atoms with Gasteiger partial charge in [-0.1, -0.05) is 66.2 Å². The molecular formula is C31H55FO. The molecule has 2 heteroatoms. The highest BCUT2D eigenvalue weighted by molar-refractivity contribution is 4.95. The van der Waals surface area contributed by atoms with Crippen LogP contribution < -0.4 is 0 Å². The van der Waals surface area contributed by atoms with E-state index in [2.05, 4.69) is 27.7 Å². The van der Waals surface area contributed by atoms with Gasteiger partial charge in [-0.3, -0.25) is 0 Å². The number of aliphatic hydroxyl groups is 1. The van der Waals surface area contributed by atoms with E-state index in [4.69, 9.17) is 0 Å². The molecule has 0 spiro atoms. The van der Waals surface area contributed by atoms with Crippen molar-refractivity contribution in [3.63, 3.8) is 0 Å². The molecule has 4 aliphatic rings. The Labute approximate surface area is 205 Å². The standard InChI is InChI=1S/C31H55FO/c1-21-9-12-23(13-10-21)29(31(3,4)25-14-16-26(32)17-15-25)19-22(2)11-18-28-27-8-6-5-7-24(27)20-30(28)33/h21-30,33H,5-20H2,1-4H3/t21?,22?,23?,24?,25?,26?,27?,28?,29-,30+/m1/s1. The first-order valence-electron chi connectivity index (χ1n) is 15.1. The van der Waals surface area contributed by atoms with Gasteiger partial charge in [-0.2, -0.15) is 0 Å². The minimum Gasteiger partial charge on any atom is -0.393 e. The fraction of sp³-hybridized carbons (Fsp3) is 1.00. The smallest absolute Gasteiger partial charge is 0.100 e. The van der Waals surface area contributed by atoms with Gasteiger partial charge in [-0.15, -0.1) is 0 Å². The summed E-state index contributed by atoms with van der Waals surface area (Å²) in [7, 11) is 0. The van der Waals surface area contributed by atoms with E-state index in [9.17, 15) is 9.50 Å². The van der Waals surface area contributed by atoms with E-state index < -0.39 is 6.17 Å². The van der Waals surface area contributed by atoms with Gasteiger partial charge in [0.1, 0.15) is 6.17 Å². The second-order valence-electron chi connectivity index (χ2n) is 14.0. The predicted octanol–water partition coefficient (Wildman–Crippen LogP) is 8.98. The zero-order valence-corrected chi connectivity index (χ0v) is 22.4. The van der Waals surface area contributed by atoms with Crippen molar-refractivity contribution in [1.82, 2.24) is 0 Å². The van der Waals surface area contributed by atoms with E-state index in [1.54, 1.807) is 0 Å². The van der Waals surface area contributed by atoms with E-state index in [0.29, 0.717) is 17.3 Å². The first kappa shape index (κ1) is 26.0. The molecule has 1 N–H and O–H groups in total. The minimum atomic E-state index is -0.550. The summed E-state index contributed by atoms with van der Waals surface area (Å²) < 4.78 is 13.9. The molecule has 6 atom stereocenters. The Bertz CT molecular complexity index is 586. The van der Waals surface area contributed by atoms with E-state index in [-0.39, 0.29) is 6.10 Å². The van der Waals surface area contributed by atoms with E-state index >= 15 is 0 Å². The van der Waals surface area contributed by atoms with E-state index in [1.165, 1.54) is 70.6 Å². The van der Waals surface area contributed by atoms with Crippen molar-refractivity contribution in [2.45, 2.75) is 143 Å². The Kier molecular flexibility index (Phi) is 8.89. The molecule has 1 nitrogen and oxygen atoms in total. The Morgan fingerprint density at radius 1 is 0.909 bits per heavy atom. The molecule has 4 aliphatic carbocycles. The van der Waals surface area contributed by atoms with Gasteiger partial charge in [0, 0.05) is 0 Å². The van der Waals surface area contributed by atoms with Crippen LogP contribution in [0.15, 0.2) is 0 Å². The summed E-state index contributed by atoms with van der Waals surface area (Å²) >= 11 is 0. The van der Waals surface area contributed by atoms with Crippen LogP contribution in [-0.2, 0) is 0 Å². The fourth-order valence-corrected chi connectivity index (χ4v) is 9.19. The summed E-state index contributed by atoms with van der Waals surface area (Å²) in [5, 5.41) is 10.8. The summed E-state index contributed by atoms with van der Waals surface area (Å²) in [5.74, 6) is 6.16. The molecule has 0 saturated heterocycles. The van der Waals surface area contributed by atoms with Crippen molar-refractivity contribution >= 4 is 0 Å². The van der Waals surface area contributed by atoms with Gasteiger partial charge in [0.25, 0.3) is 0 Å². The summed E-state index contributed by atoms with van der Waals surface area (Å²) in [6.45, 7) is 10.1. The molecule has 0 aliphatic heterocycles. The SMILES string of the molecule is CC1CCC([C@@H](CC(C)CCC2C3CCCCC3C[C@@H]2O)C(C)(C)C2CCC(F)CC2)CC1. The molecule has 0 aromatic carbocycles. The second-order valence-corrected chi connectivity index (χ2v) is 14.0. The molecule has 0 heterocycles. The Balaban J connectivity index is 1.39. The maximum atomic E-state index is 13.9. The minimum absolute atomic E-state index is 0.0340. The molecule has 4 rings (SSSR count). The molecule has 0 amide bonds. The Hall–Kier alpha value is -0.110. The van der Waals surface area contributed by atoms with Gasteiger partial charge < -0.3 is 5.11 Å². The van der Waals surface area contributed by atoms with Gasteiger partial charge in [0.05, 0.1) is 6.10 Å². The molecule has 192 valence electrons. The highest BCUT2D eigenvalue weighted by atomic mass is 19.1. The van der Waals surface area contributed by atoms with Crippen molar-refractivity contribution in [1.29, 1.82) is 0 Å². The first-order valence-corrected chi connectivity index (χ1v) is 15.1. The van der Waals surface area contributed by atoms with Gasteiger partial charge in [-0.25, -0.2) is 4.39 Å². The normalized spacial score (nSPS) is 42.0. The predicted molar refractivity (Wildman–Crippen MR) is 138 cm³/mol. The van der Waals surface area contributed by atoms with E-state index in [1.807, 2.05) is 0 Å². The molecule has 0 radical (unpaired) electrons. The van der Waals surface area contributed by atoms with Crippen LogP contribution >= 0.6 is 0 Å². The number of fused-ring (bicyclic) bond motifs is 1. The summed E-state index contributed by atoms with van der Waals surface area (Å²) in [5.41, 5.74) is 0.320. The molecule has 0 bridgehead atoms. The van der Waals surface area contributed by atoms with Crippen LogP contribution in [0, 0.1) is 52.8 Å². The van der Waals surface area contributed by atoms with Crippen molar-refractivity contribution in [3.05, 3.63) is 0 Å². The summed E-state index contributed by atoms with van der Waals surface area (Å²) in [6, 6.07) is 0. The third-order valence-electron chi connectivity index (χ3n) is 11.5. The van der Waals surface area contributed by atoms with Crippen LogP contribution in [0.5, 0.6) is 0 Å². The number of rotatable bonds is 8. The van der Waals surface area contributed by atoms with Crippen LogP contribution in [0.25, 0.3) is 0 Å². The zero-order valence-electron chi connectivity index (χ0n) is 22.4. The van der Waals surface area contributed by atoms with Crippen LogP contribution in [0.1, 0.15) is 130 Å². The van der Waals surface area contributed by atoms with Crippen molar-refractivity contribution in [2.24, 2.45) is 52.8 Å². The lowest BCUT2D eigenvalue weighted by Crippen LogP contribution is -2.41. The molecule has 4 saturated carbocycles. The van der Waals surface area contributed by atoms with Gasteiger partial charge in [0.15, 0.2) is 0 Å². The molecule has 33 heavy (non-hydrogen) atoms. The number of hydrogen-bond acceptors (Lipinski definition) is 1. The lowest BCUT2D eigenvalue weighted by atomic mass is 9.56. The first-order chi connectivity index (χ1) is 15.8. The van der Waals surface area contributed by atoms with Crippen molar-refractivity contribution in [2.75, 3.05) is 0 Å². The largest absolute Gasteiger partial charge is 0.393 e. The quantitative estimate of drug-likeness (QED) is 0.381. The topological polar surface area (TPSA) is 20.2 Å². The number of alkyl halides is 1. The second kappa shape index (κ2) is 11.3. The lowest BCUT2D eigenvalue weighted by molar-refractivity contribution is 0.00189. The number of halogens is 1. The molecule has 4 fully saturated rings. The average molecular weight is 463 g/mol. The molecular weight excluding hydrogens is 407 g/mol. The Morgan fingerprint density at radius 2 is 1.58 bits per heavy atom. The summed E-state index contributed by atoms with van der Waals surface area (Å²) in [6.07, 6.45) is 19.3. The maximum absolute atomic E-state index is 13.9. The zero-order chi connectivity index (χ0) is 23.6. The molecule has 0 aromatic heterocycles. The van der Waals surface area contributed by atoms with Crippen molar-refractivity contribution < 1.29 is 9.50 Å². The average Bonchev–Trinajstić information content (AvgIpc) is 3.12. The van der Waals surface area contributed by atoms with Crippen LogP contribution in [0.4, 0.5) is 4.39 Å². The number of hydrogen-bond donors (Lipinski definition) is 1. The number of aliphatic hydroxyl groups excluding tert-OH is 1. The highest BCUT2D eigenvalue weighted by Crippen LogP contribution is 2.53. The van der Waals surface area contributed by atoms with E-state index in [0.717, 1.165) is 67.6 Å². The Morgan fingerprint density at radius 3 is 2.27 bits per heavy atom. The summed E-state index contributed by atoms with van der Waals surface area (Å²) in [4.78, 5) is 0. The maximum Gasteiger partial charge on any atom is 0.100 e. The molecule has 0 aromatic rings. The van der Waals surface area contributed by atoms with Gasteiger partial charge in [-0.05, 0) is 117 Å². The third kappa shape index (κ3) is 6.18. The van der Waals surface area contributed by atoms with Crippen LogP contribution in [0.2, 0.25) is 0 Å². The van der Waals surface area contributed by atoms with Gasteiger partial charge >= 0.3 is 0 Å². The third-order valence-corrected chi connectivity index (χ3v) is 11.5. The van der Waals surface area contributed by atoms with Crippen LogP contribution in [-0.4, -0.2) is 17.4 Å². The van der Waals surface area contributed by atoms with Crippen molar-refractivity contribution in [3.8, 4) is 0 Å². The van der Waals surface area contributed by atoms with Crippen LogP contribution in [0.3, 0.4) is 0 Å². The fourth-order valence-electron chi connectivity index (χ4n) is 9.19.